The molecule has 0 unspecified atom stereocenters. The Morgan fingerprint density at radius 3 is 2.56 bits per heavy atom. The summed E-state index contributed by atoms with van der Waals surface area (Å²) in [6.45, 7) is 6.10. The lowest BCUT2D eigenvalue weighted by molar-refractivity contribution is -0.122. The number of aryl methyl sites for hydroxylation is 2. The molecule has 0 saturated carbocycles. The van der Waals surface area contributed by atoms with Crippen LogP contribution < -0.4 is 5.32 Å². The van der Waals surface area contributed by atoms with Gasteiger partial charge < -0.3 is 9.73 Å². The Morgan fingerprint density at radius 1 is 1.15 bits per heavy atom. The molecule has 1 aromatic carbocycles. The van der Waals surface area contributed by atoms with Gasteiger partial charge in [0.05, 0.1) is 24.2 Å². The molecular formula is C19H25N3O4S. The van der Waals surface area contributed by atoms with Gasteiger partial charge in [-0.25, -0.2) is 8.42 Å². The Hall–Kier alpha value is -2.16. The summed E-state index contributed by atoms with van der Waals surface area (Å²) >= 11 is 0. The molecule has 1 fully saturated rings. The fourth-order valence-corrected chi connectivity index (χ4v) is 4.84. The van der Waals surface area contributed by atoms with Gasteiger partial charge in [0.1, 0.15) is 5.76 Å². The molecular weight excluding hydrogens is 366 g/mol. The summed E-state index contributed by atoms with van der Waals surface area (Å²) in [5.41, 5.74) is 1.67. The molecule has 0 spiro atoms. The van der Waals surface area contributed by atoms with E-state index in [-0.39, 0.29) is 12.5 Å². The molecule has 2 heterocycles. The van der Waals surface area contributed by atoms with E-state index in [2.05, 4.69) is 5.32 Å². The van der Waals surface area contributed by atoms with Crippen molar-refractivity contribution in [2.24, 2.45) is 0 Å². The first kappa shape index (κ1) is 19.6. The lowest BCUT2D eigenvalue weighted by atomic mass is 10.2. The van der Waals surface area contributed by atoms with Crippen LogP contribution in [0.4, 0.5) is 0 Å². The lowest BCUT2D eigenvalue weighted by Gasteiger charge is -2.33. The molecule has 0 atom stereocenters. The maximum Gasteiger partial charge on any atom is 0.243 e. The van der Waals surface area contributed by atoms with Crippen LogP contribution in [0.2, 0.25) is 0 Å². The number of nitrogens with one attached hydrogen (secondary N) is 1. The molecule has 2 aromatic rings. The summed E-state index contributed by atoms with van der Waals surface area (Å²) in [6, 6.07) is 9.04. The van der Waals surface area contributed by atoms with Crippen molar-refractivity contribution < 1.29 is 17.6 Å². The lowest BCUT2D eigenvalue weighted by Crippen LogP contribution is -2.51. The van der Waals surface area contributed by atoms with Gasteiger partial charge in [-0.05, 0) is 43.2 Å². The van der Waals surface area contributed by atoms with Crippen molar-refractivity contribution >= 4 is 15.9 Å². The minimum absolute atomic E-state index is 0.0998. The second kappa shape index (κ2) is 8.24. The second-order valence-corrected chi connectivity index (χ2v) is 8.71. The van der Waals surface area contributed by atoms with Gasteiger partial charge in [0.2, 0.25) is 15.9 Å². The molecule has 1 N–H and O–H groups in total. The normalized spacial score (nSPS) is 16.4. The molecule has 1 aromatic heterocycles. The topological polar surface area (TPSA) is 82.9 Å². The van der Waals surface area contributed by atoms with Gasteiger partial charge in [0, 0.05) is 26.2 Å². The van der Waals surface area contributed by atoms with Crippen LogP contribution in [0, 0.1) is 13.8 Å². The number of sulfonamides is 1. The van der Waals surface area contributed by atoms with E-state index < -0.39 is 10.0 Å². The van der Waals surface area contributed by atoms with Gasteiger partial charge in [0.15, 0.2) is 0 Å². The first-order valence-electron chi connectivity index (χ1n) is 8.95. The predicted molar refractivity (Wildman–Crippen MR) is 102 cm³/mol. The summed E-state index contributed by atoms with van der Waals surface area (Å²) in [4.78, 5) is 14.4. The average Bonchev–Trinajstić information content (AvgIpc) is 3.16. The Balaban J connectivity index is 1.53. The minimum Gasteiger partial charge on any atom is -0.467 e. The van der Waals surface area contributed by atoms with E-state index in [9.17, 15) is 13.2 Å². The number of nitrogens with zero attached hydrogens (tertiary/aromatic N) is 2. The number of carbonyl (C=O) groups is 1. The molecule has 146 valence electrons. The van der Waals surface area contributed by atoms with Gasteiger partial charge in [-0.15, -0.1) is 0 Å². The largest absolute Gasteiger partial charge is 0.467 e. The maximum atomic E-state index is 12.9. The van der Waals surface area contributed by atoms with Gasteiger partial charge in [-0.2, -0.15) is 4.31 Å². The van der Waals surface area contributed by atoms with E-state index in [0.29, 0.717) is 43.4 Å². The molecule has 0 radical (unpaired) electrons. The summed E-state index contributed by atoms with van der Waals surface area (Å²) in [5, 5.41) is 2.81. The molecule has 1 aliphatic rings. The van der Waals surface area contributed by atoms with Crippen LogP contribution in [0.25, 0.3) is 0 Å². The summed E-state index contributed by atoms with van der Waals surface area (Å²) in [5.74, 6) is 0.602. The quantitative estimate of drug-likeness (QED) is 0.807. The Morgan fingerprint density at radius 2 is 1.89 bits per heavy atom. The number of hydrogen-bond acceptors (Lipinski definition) is 5. The van der Waals surface area contributed by atoms with E-state index in [0.717, 1.165) is 11.1 Å². The minimum atomic E-state index is -3.51. The van der Waals surface area contributed by atoms with Crippen LogP contribution in [0.15, 0.2) is 45.9 Å². The zero-order valence-electron chi connectivity index (χ0n) is 15.6. The highest BCUT2D eigenvalue weighted by Gasteiger charge is 2.30. The van der Waals surface area contributed by atoms with Crippen LogP contribution in [-0.2, 0) is 21.4 Å². The van der Waals surface area contributed by atoms with Crippen LogP contribution in [-0.4, -0.2) is 56.3 Å². The number of amides is 1. The fraction of sp³-hybridized carbons (Fsp3) is 0.421. The Labute approximate surface area is 160 Å². The highest BCUT2D eigenvalue weighted by molar-refractivity contribution is 7.89. The molecule has 1 aliphatic heterocycles. The number of benzene rings is 1. The average molecular weight is 391 g/mol. The van der Waals surface area contributed by atoms with Crippen LogP contribution in [0.5, 0.6) is 0 Å². The van der Waals surface area contributed by atoms with Crippen molar-refractivity contribution in [3.63, 3.8) is 0 Å². The first-order chi connectivity index (χ1) is 12.9. The van der Waals surface area contributed by atoms with E-state index in [1.165, 1.54) is 4.31 Å². The third-order valence-electron chi connectivity index (χ3n) is 4.70. The van der Waals surface area contributed by atoms with E-state index in [4.69, 9.17) is 4.42 Å². The Kier molecular flexibility index (Phi) is 5.98. The molecule has 8 heteroatoms. The number of furan rings is 1. The van der Waals surface area contributed by atoms with Crippen molar-refractivity contribution in [1.82, 2.24) is 14.5 Å². The number of hydrogen-bond donors (Lipinski definition) is 1. The molecule has 0 aliphatic carbocycles. The van der Waals surface area contributed by atoms with Gasteiger partial charge in [-0.3, -0.25) is 9.69 Å². The SMILES string of the molecule is Cc1ccc(C)c(S(=O)(=O)N2CCN(CC(=O)NCc3ccco3)CC2)c1. The summed E-state index contributed by atoms with van der Waals surface area (Å²) < 4.78 is 32.6. The van der Waals surface area contributed by atoms with Gasteiger partial charge in [0.25, 0.3) is 0 Å². The molecule has 7 nitrogen and oxygen atoms in total. The molecule has 3 rings (SSSR count). The zero-order chi connectivity index (χ0) is 19.4. The number of carbonyl (C=O) groups excluding carboxylic acids is 1. The van der Waals surface area contributed by atoms with Crippen LogP contribution in [0.1, 0.15) is 16.9 Å². The Bertz CT molecular complexity index is 886. The number of rotatable bonds is 6. The van der Waals surface area contributed by atoms with E-state index in [1.807, 2.05) is 30.9 Å². The van der Waals surface area contributed by atoms with Crippen LogP contribution in [0.3, 0.4) is 0 Å². The second-order valence-electron chi connectivity index (χ2n) is 6.81. The van der Waals surface area contributed by atoms with Gasteiger partial charge >= 0.3 is 0 Å². The fourth-order valence-electron chi connectivity index (χ4n) is 3.11. The van der Waals surface area contributed by atoms with Crippen molar-refractivity contribution in [2.45, 2.75) is 25.3 Å². The van der Waals surface area contributed by atoms with Crippen molar-refractivity contribution in [1.29, 1.82) is 0 Å². The summed E-state index contributed by atoms with van der Waals surface area (Å²) in [6.07, 6.45) is 1.57. The zero-order valence-corrected chi connectivity index (χ0v) is 16.5. The van der Waals surface area contributed by atoms with Crippen molar-refractivity contribution in [3.05, 3.63) is 53.5 Å². The number of piperazine rings is 1. The van der Waals surface area contributed by atoms with E-state index in [1.54, 1.807) is 24.5 Å². The standard InChI is InChI=1S/C19H25N3O4S/c1-15-5-6-16(2)18(12-15)27(24,25)22-9-7-21(8-10-22)14-19(23)20-13-17-4-3-11-26-17/h3-6,11-12H,7-10,13-14H2,1-2H3,(H,20,23). The van der Waals surface area contributed by atoms with Crippen molar-refractivity contribution in [2.75, 3.05) is 32.7 Å². The third kappa shape index (κ3) is 4.77. The summed E-state index contributed by atoms with van der Waals surface area (Å²) in [7, 11) is -3.51. The highest BCUT2D eigenvalue weighted by atomic mass is 32.2. The first-order valence-corrected chi connectivity index (χ1v) is 10.4. The molecule has 1 saturated heterocycles. The van der Waals surface area contributed by atoms with Crippen molar-refractivity contribution in [3.8, 4) is 0 Å². The monoisotopic (exact) mass is 391 g/mol. The maximum absolute atomic E-state index is 12.9. The predicted octanol–water partition coefficient (Wildman–Crippen LogP) is 1.52. The molecule has 1 amide bonds. The van der Waals surface area contributed by atoms with Gasteiger partial charge in [-0.1, -0.05) is 12.1 Å². The van der Waals surface area contributed by atoms with Crippen LogP contribution >= 0.6 is 0 Å². The smallest absolute Gasteiger partial charge is 0.243 e. The third-order valence-corrected chi connectivity index (χ3v) is 6.74. The molecule has 0 bridgehead atoms. The highest BCUT2D eigenvalue weighted by Crippen LogP contribution is 2.22. The van der Waals surface area contributed by atoms with E-state index >= 15 is 0 Å². The molecule has 27 heavy (non-hydrogen) atoms.